The van der Waals surface area contributed by atoms with Crippen LogP contribution in [0.3, 0.4) is 0 Å². The van der Waals surface area contributed by atoms with Gasteiger partial charge in [0.05, 0.1) is 15.7 Å². The van der Waals surface area contributed by atoms with Crippen LogP contribution in [0, 0.1) is 6.92 Å². The Morgan fingerprint density at radius 2 is 1.82 bits per heavy atom. The number of phenolic OH excluding ortho intramolecular Hbond substituents is 1. The summed E-state index contributed by atoms with van der Waals surface area (Å²) in [5.41, 5.74) is 1.58. The number of benzene rings is 1. The third-order valence-corrected chi connectivity index (χ3v) is 2.70. The van der Waals surface area contributed by atoms with Gasteiger partial charge in [0.1, 0.15) is 0 Å². The van der Waals surface area contributed by atoms with Gasteiger partial charge < -0.3 is 9.63 Å². The van der Waals surface area contributed by atoms with E-state index in [1.807, 2.05) is 6.92 Å². The largest absolute Gasteiger partial charge is 0.505 e. The van der Waals surface area contributed by atoms with Gasteiger partial charge in [-0.15, -0.1) is 0 Å². The molecular weight excluding hydrogens is 261 g/mol. The number of hydrogen-bond acceptors (Lipinski definition) is 3. The standard InChI is InChI=1S/C12H9Cl2NO2/c1-7-4-9(17-15-7)3-2-8-5-10(13)12(16)11(14)6-8/h2-6,16H,1H3. The van der Waals surface area contributed by atoms with Crippen molar-refractivity contribution in [1.29, 1.82) is 0 Å². The van der Waals surface area contributed by atoms with Gasteiger partial charge in [0, 0.05) is 6.07 Å². The van der Waals surface area contributed by atoms with Gasteiger partial charge >= 0.3 is 0 Å². The van der Waals surface area contributed by atoms with Crippen molar-refractivity contribution in [2.24, 2.45) is 0 Å². The van der Waals surface area contributed by atoms with Crippen LogP contribution in [0.2, 0.25) is 10.0 Å². The number of nitrogens with zero attached hydrogens (tertiary/aromatic N) is 1. The fourth-order valence-electron chi connectivity index (χ4n) is 1.32. The number of aromatic nitrogens is 1. The van der Waals surface area contributed by atoms with E-state index in [1.54, 1.807) is 30.4 Å². The van der Waals surface area contributed by atoms with E-state index >= 15 is 0 Å². The molecule has 0 radical (unpaired) electrons. The number of phenols is 1. The maximum Gasteiger partial charge on any atom is 0.159 e. The molecule has 0 amide bonds. The molecule has 2 rings (SSSR count). The van der Waals surface area contributed by atoms with Crippen LogP contribution < -0.4 is 0 Å². The van der Waals surface area contributed by atoms with Crippen LogP contribution in [0.4, 0.5) is 0 Å². The Morgan fingerprint density at radius 1 is 1.18 bits per heavy atom. The van der Waals surface area contributed by atoms with Crippen molar-refractivity contribution in [1.82, 2.24) is 5.16 Å². The second-order valence-electron chi connectivity index (χ2n) is 3.54. The average molecular weight is 270 g/mol. The van der Waals surface area contributed by atoms with Crippen LogP contribution in [-0.2, 0) is 0 Å². The van der Waals surface area contributed by atoms with E-state index in [0.717, 1.165) is 11.3 Å². The number of rotatable bonds is 2. The molecule has 3 nitrogen and oxygen atoms in total. The normalized spacial score (nSPS) is 11.2. The predicted molar refractivity (Wildman–Crippen MR) is 68.3 cm³/mol. The van der Waals surface area contributed by atoms with E-state index in [0.29, 0.717) is 5.76 Å². The zero-order valence-corrected chi connectivity index (χ0v) is 10.5. The molecule has 1 N–H and O–H groups in total. The Morgan fingerprint density at radius 3 is 2.35 bits per heavy atom. The molecular formula is C12H9Cl2NO2. The third-order valence-electron chi connectivity index (χ3n) is 2.13. The topological polar surface area (TPSA) is 46.3 Å². The Balaban J connectivity index is 2.27. The van der Waals surface area contributed by atoms with Crippen LogP contribution >= 0.6 is 23.2 Å². The third kappa shape index (κ3) is 2.81. The number of hydrogen-bond donors (Lipinski definition) is 1. The van der Waals surface area contributed by atoms with Gasteiger partial charge in [0.25, 0.3) is 0 Å². The smallest absolute Gasteiger partial charge is 0.159 e. The highest BCUT2D eigenvalue weighted by atomic mass is 35.5. The number of aromatic hydroxyl groups is 1. The van der Waals surface area contributed by atoms with E-state index in [9.17, 15) is 5.11 Å². The second kappa shape index (κ2) is 4.82. The van der Waals surface area contributed by atoms with Crippen LogP contribution in [-0.4, -0.2) is 10.3 Å². The lowest BCUT2D eigenvalue weighted by atomic mass is 10.2. The fraction of sp³-hybridized carbons (Fsp3) is 0.0833. The number of aryl methyl sites for hydroxylation is 1. The minimum absolute atomic E-state index is 0.110. The van der Waals surface area contributed by atoms with Crippen molar-refractivity contribution in [3.8, 4) is 5.75 Å². The Hall–Kier alpha value is -1.45. The van der Waals surface area contributed by atoms with Crippen molar-refractivity contribution in [3.63, 3.8) is 0 Å². The van der Waals surface area contributed by atoms with Gasteiger partial charge in [-0.25, -0.2) is 0 Å². The highest BCUT2D eigenvalue weighted by Gasteiger charge is 2.05. The molecule has 0 spiro atoms. The van der Waals surface area contributed by atoms with Crippen molar-refractivity contribution in [2.45, 2.75) is 6.92 Å². The van der Waals surface area contributed by atoms with Crippen LogP contribution in [0.25, 0.3) is 12.2 Å². The fourth-order valence-corrected chi connectivity index (χ4v) is 1.83. The van der Waals surface area contributed by atoms with Crippen molar-refractivity contribution in [2.75, 3.05) is 0 Å². The lowest BCUT2D eigenvalue weighted by Crippen LogP contribution is -1.76. The Kier molecular flexibility index (Phi) is 3.41. The van der Waals surface area contributed by atoms with Crippen molar-refractivity contribution < 1.29 is 9.63 Å². The maximum atomic E-state index is 9.40. The lowest BCUT2D eigenvalue weighted by molar-refractivity contribution is 0.408. The lowest BCUT2D eigenvalue weighted by Gasteiger charge is -2.01. The highest BCUT2D eigenvalue weighted by molar-refractivity contribution is 6.37. The molecule has 0 bridgehead atoms. The first kappa shape index (κ1) is 12.0. The van der Waals surface area contributed by atoms with Gasteiger partial charge in [0.15, 0.2) is 11.5 Å². The van der Waals surface area contributed by atoms with Crippen molar-refractivity contribution >= 4 is 35.4 Å². The molecule has 0 unspecified atom stereocenters. The summed E-state index contributed by atoms with van der Waals surface area (Å²) in [4.78, 5) is 0. The Labute approximate surface area is 108 Å². The Bertz CT molecular complexity index is 553. The van der Waals surface area contributed by atoms with Gasteiger partial charge in [0.2, 0.25) is 0 Å². The quantitative estimate of drug-likeness (QED) is 0.890. The molecule has 17 heavy (non-hydrogen) atoms. The molecule has 5 heteroatoms. The van der Waals surface area contributed by atoms with Crippen LogP contribution in [0.5, 0.6) is 5.75 Å². The summed E-state index contributed by atoms with van der Waals surface area (Å²) in [5, 5.41) is 13.6. The summed E-state index contributed by atoms with van der Waals surface area (Å²) in [6, 6.07) is 5.03. The second-order valence-corrected chi connectivity index (χ2v) is 4.35. The van der Waals surface area contributed by atoms with E-state index < -0.39 is 0 Å². The minimum atomic E-state index is -0.110. The SMILES string of the molecule is Cc1cc(C=Cc2cc(Cl)c(O)c(Cl)c2)on1. The molecule has 0 aliphatic carbocycles. The molecule has 0 saturated carbocycles. The molecule has 1 aromatic heterocycles. The molecule has 2 aromatic rings. The van der Waals surface area contributed by atoms with Crippen LogP contribution in [0.1, 0.15) is 17.0 Å². The van der Waals surface area contributed by atoms with E-state index in [1.165, 1.54) is 0 Å². The molecule has 88 valence electrons. The molecule has 0 saturated heterocycles. The van der Waals surface area contributed by atoms with Gasteiger partial charge in [-0.1, -0.05) is 34.4 Å². The first-order valence-corrected chi connectivity index (χ1v) is 5.61. The molecule has 0 atom stereocenters. The highest BCUT2D eigenvalue weighted by Crippen LogP contribution is 2.33. The summed E-state index contributed by atoms with van der Waals surface area (Å²) in [6.45, 7) is 1.84. The summed E-state index contributed by atoms with van der Waals surface area (Å²) in [7, 11) is 0. The van der Waals surface area contributed by atoms with Gasteiger partial charge in [-0.2, -0.15) is 0 Å². The predicted octanol–water partition coefficient (Wildman–Crippen LogP) is 4.17. The maximum absolute atomic E-state index is 9.40. The monoisotopic (exact) mass is 269 g/mol. The first-order valence-electron chi connectivity index (χ1n) is 4.85. The molecule has 0 fully saturated rings. The van der Waals surface area contributed by atoms with Crippen LogP contribution in [0.15, 0.2) is 22.7 Å². The summed E-state index contributed by atoms with van der Waals surface area (Å²) in [6.07, 6.45) is 3.52. The van der Waals surface area contributed by atoms with Crippen molar-refractivity contribution in [3.05, 3.63) is 45.3 Å². The molecule has 1 aromatic carbocycles. The van der Waals surface area contributed by atoms with E-state index in [-0.39, 0.29) is 15.8 Å². The molecule has 1 heterocycles. The summed E-state index contributed by atoms with van der Waals surface area (Å²) >= 11 is 11.6. The minimum Gasteiger partial charge on any atom is -0.505 e. The zero-order chi connectivity index (χ0) is 12.4. The summed E-state index contributed by atoms with van der Waals surface area (Å²) in [5.74, 6) is 0.531. The number of halogens is 2. The average Bonchev–Trinajstić information content (AvgIpc) is 2.69. The van der Waals surface area contributed by atoms with E-state index in [4.69, 9.17) is 27.7 Å². The van der Waals surface area contributed by atoms with Gasteiger partial charge in [-0.05, 0) is 30.7 Å². The van der Waals surface area contributed by atoms with E-state index in [2.05, 4.69) is 5.16 Å². The van der Waals surface area contributed by atoms with Gasteiger partial charge in [-0.3, -0.25) is 0 Å². The zero-order valence-electron chi connectivity index (χ0n) is 8.95. The summed E-state index contributed by atoms with van der Waals surface area (Å²) < 4.78 is 5.02. The molecule has 0 aliphatic rings. The molecule has 0 aliphatic heterocycles. The first-order chi connectivity index (χ1) is 8.06.